The smallest absolute Gasteiger partial charge is 0.232 e. The van der Waals surface area contributed by atoms with E-state index in [1.165, 1.54) is 7.11 Å². The van der Waals surface area contributed by atoms with E-state index in [-0.39, 0.29) is 0 Å². The van der Waals surface area contributed by atoms with E-state index in [1.807, 2.05) is 0 Å². The van der Waals surface area contributed by atoms with Gasteiger partial charge < -0.3 is 14.8 Å². The largest absolute Gasteiger partial charge is 0.482 e. The van der Waals surface area contributed by atoms with Crippen molar-refractivity contribution in [2.24, 2.45) is 0 Å². The number of halogens is 1. The molecule has 0 aromatic heterocycles. The van der Waals surface area contributed by atoms with Crippen LogP contribution in [0.4, 0.5) is 0 Å². The lowest BCUT2D eigenvalue weighted by Crippen LogP contribution is -2.25. The third kappa shape index (κ3) is 1.88. The van der Waals surface area contributed by atoms with Crippen LogP contribution in [-0.4, -0.2) is 14.2 Å². The monoisotopic (exact) mass is 174 g/mol. The standard InChI is InChI=1S/C7H9ClNO2/c1-10-6-4-3-5(8)7(9-6)11-2/h3-4,9H,1-2H3. The molecule has 0 aromatic rings. The lowest BCUT2D eigenvalue weighted by molar-refractivity contribution is 0.172. The van der Waals surface area contributed by atoms with Gasteiger partial charge in [-0.2, -0.15) is 0 Å². The van der Waals surface area contributed by atoms with Crippen LogP contribution in [0.2, 0.25) is 0 Å². The zero-order valence-electron chi connectivity index (χ0n) is 6.35. The molecule has 61 valence electrons. The lowest BCUT2D eigenvalue weighted by atomic mass is 10.3. The molecule has 0 fully saturated rings. The van der Waals surface area contributed by atoms with E-state index in [1.54, 1.807) is 19.3 Å². The van der Waals surface area contributed by atoms with Gasteiger partial charge in [-0.3, -0.25) is 0 Å². The average Bonchev–Trinajstić information content (AvgIpc) is 2.05. The Labute approximate surface area is 70.6 Å². The van der Waals surface area contributed by atoms with Crippen molar-refractivity contribution in [2.45, 2.75) is 0 Å². The van der Waals surface area contributed by atoms with Crippen LogP contribution in [0.15, 0.2) is 23.1 Å². The Morgan fingerprint density at radius 1 is 1.27 bits per heavy atom. The maximum atomic E-state index is 5.74. The van der Waals surface area contributed by atoms with Crippen molar-refractivity contribution in [1.82, 2.24) is 5.32 Å². The number of methoxy groups -OCH3 is 2. The fourth-order valence-corrected chi connectivity index (χ4v) is 0.893. The summed E-state index contributed by atoms with van der Waals surface area (Å²) < 4.78 is 9.84. The molecule has 11 heavy (non-hydrogen) atoms. The van der Waals surface area contributed by atoms with Crippen molar-refractivity contribution in [3.8, 4) is 0 Å². The molecule has 0 amide bonds. The second kappa shape index (κ2) is 3.64. The maximum Gasteiger partial charge on any atom is 0.232 e. The van der Waals surface area contributed by atoms with E-state index in [2.05, 4.69) is 5.32 Å². The molecule has 1 rings (SSSR count). The molecule has 3 nitrogen and oxygen atoms in total. The SMILES string of the molecule is CO[C]1NC(OC)=CC=C1Cl. The Bertz CT molecular complexity index is 201. The number of rotatable bonds is 2. The first-order valence-electron chi connectivity index (χ1n) is 3.07. The summed E-state index contributed by atoms with van der Waals surface area (Å²) in [5.74, 6) is 0.617. The summed E-state index contributed by atoms with van der Waals surface area (Å²) in [6, 6.07) is 0. The average molecular weight is 175 g/mol. The normalized spacial score (nSPS) is 18.5. The van der Waals surface area contributed by atoms with E-state index in [0.29, 0.717) is 17.1 Å². The second-order valence-electron chi connectivity index (χ2n) is 1.91. The number of ether oxygens (including phenoxy) is 2. The highest BCUT2D eigenvalue weighted by Gasteiger charge is 2.17. The van der Waals surface area contributed by atoms with Crippen LogP contribution in [0.3, 0.4) is 0 Å². The minimum atomic E-state index is 0.506. The van der Waals surface area contributed by atoms with E-state index >= 15 is 0 Å². The quantitative estimate of drug-likeness (QED) is 0.685. The van der Waals surface area contributed by atoms with E-state index in [0.717, 1.165) is 0 Å². The zero-order valence-corrected chi connectivity index (χ0v) is 7.11. The van der Waals surface area contributed by atoms with Gasteiger partial charge in [-0.25, -0.2) is 0 Å². The number of nitrogens with one attached hydrogen (secondary N) is 1. The summed E-state index contributed by atoms with van der Waals surface area (Å²) in [4.78, 5) is 0. The Balaban J connectivity index is 2.67. The highest BCUT2D eigenvalue weighted by Crippen LogP contribution is 2.21. The Kier molecular flexibility index (Phi) is 2.79. The molecule has 1 aliphatic heterocycles. The van der Waals surface area contributed by atoms with Crippen LogP contribution < -0.4 is 5.32 Å². The highest BCUT2D eigenvalue weighted by atomic mass is 35.5. The molecule has 0 bridgehead atoms. The van der Waals surface area contributed by atoms with Crippen molar-refractivity contribution in [3.05, 3.63) is 29.3 Å². The number of dihydropyridines is 1. The van der Waals surface area contributed by atoms with E-state index in [4.69, 9.17) is 21.1 Å². The summed E-state index contributed by atoms with van der Waals surface area (Å²) in [7, 11) is 3.11. The lowest BCUT2D eigenvalue weighted by Gasteiger charge is -2.19. The minimum Gasteiger partial charge on any atom is -0.482 e. The number of hydrogen-bond acceptors (Lipinski definition) is 3. The molecule has 0 atom stereocenters. The molecule has 0 aliphatic carbocycles. The first kappa shape index (κ1) is 8.43. The fourth-order valence-electron chi connectivity index (χ4n) is 0.705. The fraction of sp³-hybridized carbons (Fsp3) is 0.286. The molecule has 1 N–H and O–H groups in total. The molecular formula is C7H9ClNO2. The molecule has 0 aromatic carbocycles. The first-order chi connectivity index (χ1) is 5.27. The summed E-state index contributed by atoms with van der Waals surface area (Å²) in [6.07, 6.45) is 3.94. The van der Waals surface area contributed by atoms with Crippen molar-refractivity contribution >= 4 is 11.6 Å². The maximum absolute atomic E-state index is 5.74. The molecule has 1 radical (unpaired) electrons. The second-order valence-corrected chi connectivity index (χ2v) is 2.32. The van der Waals surface area contributed by atoms with Gasteiger partial charge in [0.15, 0.2) is 5.88 Å². The zero-order chi connectivity index (χ0) is 8.27. The minimum absolute atomic E-state index is 0.506. The van der Waals surface area contributed by atoms with Gasteiger partial charge in [-0.1, -0.05) is 11.6 Å². The molecule has 0 unspecified atom stereocenters. The Hall–Kier alpha value is -0.670. The van der Waals surface area contributed by atoms with Gasteiger partial charge in [0.1, 0.15) is 0 Å². The van der Waals surface area contributed by atoms with Crippen LogP contribution in [-0.2, 0) is 9.47 Å². The Morgan fingerprint density at radius 2 is 2.00 bits per heavy atom. The predicted molar refractivity (Wildman–Crippen MR) is 42.4 cm³/mol. The highest BCUT2D eigenvalue weighted by molar-refractivity contribution is 6.31. The van der Waals surface area contributed by atoms with Crippen LogP contribution >= 0.6 is 11.6 Å². The predicted octanol–water partition coefficient (Wildman–Crippen LogP) is 1.34. The van der Waals surface area contributed by atoms with Gasteiger partial charge in [0.2, 0.25) is 6.23 Å². The third-order valence-corrected chi connectivity index (χ3v) is 1.56. The molecule has 0 saturated heterocycles. The summed E-state index contributed by atoms with van der Waals surface area (Å²) >= 11 is 5.74. The summed E-state index contributed by atoms with van der Waals surface area (Å²) in [5, 5.41) is 3.37. The molecule has 1 aliphatic rings. The molecule has 0 spiro atoms. The molecule has 0 saturated carbocycles. The van der Waals surface area contributed by atoms with Crippen LogP contribution in [0.5, 0.6) is 0 Å². The van der Waals surface area contributed by atoms with Crippen molar-refractivity contribution in [1.29, 1.82) is 0 Å². The summed E-state index contributed by atoms with van der Waals surface area (Å²) in [5.41, 5.74) is 0. The topological polar surface area (TPSA) is 30.5 Å². The molecule has 4 heteroatoms. The summed E-state index contributed by atoms with van der Waals surface area (Å²) in [6.45, 7) is 0. The Morgan fingerprint density at radius 3 is 2.55 bits per heavy atom. The van der Waals surface area contributed by atoms with Crippen LogP contribution in [0.1, 0.15) is 0 Å². The van der Waals surface area contributed by atoms with E-state index in [9.17, 15) is 0 Å². The van der Waals surface area contributed by atoms with Crippen molar-refractivity contribution in [3.63, 3.8) is 0 Å². The van der Waals surface area contributed by atoms with E-state index < -0.39 is 0 Å². The third-order valence-electron chi connectivity index (χ3n) is 1.26. The van der Waals surface area contributed by atoms with Gasteiger partial charge in [0, 0.05) is 7.11 Å². The van der Waals surface area contributed by atoms with Crippen LogP contribution in [0.25, 0.3) is 0 Å². The van der Waals surface area contributed by atoms with Crippen molar-refractivity contribution in [2.75, 3.05) is 14.2 Å². The molecular weight excluding hydrogens is 166 g/mol. The van der Waals surface area contributed by atoms with Gasteiger partial charge in [0.25, 0.3) is 0 Å². The van der Waals surface area contributed by atoms with Gasteiger partial charge in [-0.15, -0.1) is 0 Å². The van der Waals surface area contributed by atoms with Gasteiger partial charge >= 0.3 is 0 Å². The molecule has 1 heterocycles. The number of hydrogen-bond donors (Lipinski definition) is 1. The van der Waals surface area contributed by atoms with Crippen molar-refractivity contribution < 1.29 is 9.47 Å². The van der Waals surface area contributed by atoms with Crippen LogP contribution in [0, 0.1) is 6.23 Å². The van der Waals surface area contributed by atoms with Gasteiger partial charge in [-0.05, 0) is 12.2 Å². The number of allylic oxidation sites excluding steroid dienone is 2. The first-order valence-corrected chi connectivity index (χ1v) is 3.45. The van der Waals surface area contributed by atoms with Gasteiger partial charge in [0.05, 0.1) is 12.1 Å².